The Hall–Kier alpha value is -0.150. The Morgan fingerprint density at radius 3 is 2.26 bits per heavy atom. The van der Waals surface area contributed by atoms with E-state index in [1.54, 1.807) is 0 Å². The van der Waals surface area contributed by atoms with Crippen molar-refractivity contribution >= 4 is 27.7 Å². The van der Waals surface area contributed by atoms with Crippen LogP contribution < -0.4 is 0 Å². The Balaban J connectivity index is 2.08. The van der Waals surface area contributed by atoms with E-state index in [0.717, 1.165) is 9.37 Å². The first-order valence-electron chi connectivity index (χ1n) is 5.75. The largest absolute Gasteiger partial charge is 0.394 e. The number of benzene rings is 1. The summed E-state index contributed by atoms with van der Waals surface area (Å²) < 4.78 is 6.34. The highest BCUT2D eigenvalue weighted by molar-refractivity contribution is 9.10. The predicted molar refractivity (Wildman–Crippen MR) is 73.8 cm³/mol. The third kappa shape index (κ3) is 3.49. The summed E-state index contributed by atoms with van der Waals surface area (Å²) in [4.78, 5) is 0.854. The molecule has 7 heteroatoms. The van der Waals surface area contributed by atoms with Crippen molar-refractivity contribution in [1.82, 2.24) is 0 Å². The smallest absolute Gasteiger partial charge is 0.136 e. The van der Waals surface area contributed by atoms with E-state index in [-0.39, 0.29) is 0 Å². The second-order valence-electron chi connectivity index (χ2n) is 4.27. The predicted octanol–water partition coefficient (Wildman–Crippen LogP) is 0.341. The first-order valence-corrected chi connectivity index (χ1v) is 7.43. The molecule has 0 unspecified atom stereocenters. The van der Waals surface area contributed by atoms with Crippen LogP contribution in [0.15, 0.2) is 33.6 Å². The molecule has 19 heavy (non-hydrogen) atoms. The summed E-state index contributed by atoms with van der Waals surface area (Å²) in [5, 5.41) is 38.3. The first-order chi connectivity index (χ1) is 9.02. The van der Waals surface area contributed by atoms with Crippen molar-refractivity contribution in [3.8, 4) is 0 Å². The van der Waals surface area contributed by atoms with Crippen LogP contribution in [-0.2, 0) is 4.74 Å². The molecule has 1 aromatic rings. The fourth-order valence-electron chi connectivity index (χ4n) is 1.81. The zero-order valence-corrected chi connectivity index (χ0v) is 12.3. The second-order valence-corrected chi connectivity index (χ2v) is 6.36. The average Bonchev–Trinajstić information content (AvgIpc) is 2.42. The molecule has 106 valence electrons. The Bertz CT molecular complexity index is 413. The molecule has 0 aromatic heterocycles. The van der Waals surface area contributed by atoms with E-state index in [0.29, 0.717) is 0 Å². The normalized spacial score (nSPS) is 35.3. The molecule has 0 saturated carbocycles. The monoisotopic (exact) mass is 350 g/mol. The molecule has 2 rings (SSSR count). The van der Waals surface area contributed by atoms with E-state index >= 15 is 0 Å². The Morgan fingerprint density at radius 2 is 1.68 bits per heavy atom. The highest BCUT2D eigenvalue weighted by atomic mass is 79.9. The van der Waals surface area contributed by atoms with Gasteiger partial charge >= 0.3 is 0 Å². The quantitative estimate of drug-likeness (QED) is 0.628. The van der Waals surface area contributed by atoms with Crippen molar-refractivity contribution in [3.63, 3.8) is 0 Å². The van der Waals surface area contributed by atoms with Crippen LogP contribution in [-0.4, -0.2) is 56.9 Å². The summed E-state index contributed by atoms with van der Waals surface area (Å²) in [6.45, 7) is -0.414. The van der Waals surface area contributed by atoms with Gasteiger partial charge in [-0.25, -0.2) is 0 Å². The molecule has 1 fully saturated rings. The molecule has 1 saturated heterocycles. The molecule has 1 aliphatic heterocycles. The first kappa shape index (κ1) is 15.2. The lowest BCUT2D eigenvalue weighted by Crippen LogP contribution is -2.57. The van der Waals surface area contributed by atoms with Gasteiger partial charge < -0.3 is 25.2 Å². The van der Waals surface area contributed by atoms with Crippen LogP contribution in [0.5, 0.6) is 0 Å². The second kappa shape index (κ2) is 6.53. The maximum atomic E-state index is 9.89. The highest BCUT2D eigenvalue weighted by Gasteiger charge is 2.43. The van der Waals surface area contributed by atoms with Crippen LogP contribution in [0, 0.1) is 0 Å². The summed E-state index contributed by atoms with van der Waals surface area (Å²) in [7, 11) is 0. The summed E-state index contributed by atoms with van der Waals surface area (Å²) in [6, 6.07) is 7.39. The molecular formula is C12H15BrO5S. The number of ether oxygens (including phenoxy) is 1. The molecule has 0 radical (unpaired) electrons. The molecule has 0 spiro atoms. The van der Waals surface area contributed by atoms with Gasteiger partial charge in [0.2, 0.25) is 0 Å². The lowest BCUT2D eigenvalue weighted by Gasteiger charge is -2.39. The summed E-state index contributed by atoms with van der Waals surface area (Å²) in [5.41, 5.74) is -0.739. The van der Waals surface area contributed by atoms with Gasteiger partial charge in [-0.1, -0.05) is 27.7 Å². The number of thioether (sulfide) groups is 1. The van der Waals surface area contributed by atoms with Crippen LogP contribution in [0.3, 0.4) is 0 Å². The zero-order valence-electron chi connectivity index (χ0n) is 9.89. The number of rotatable bonds is 3. The van der Waals surface area contributed by atoms with Crippen molar-refractivity contribution in [1.29, 1.82) is 0 Å². The van der Waals surface area contributed by atoms with Gasteiger partial charge in [0.1, 0.15) is 29.9 Å². The maximum Gasteiger partial charge on any atom is 0.136 e. The van der Waals surface area contributed by atoms with E-state index in [4.69, 9.17) is 9.84 Å². The standard InChI is InChI=1S/C12H15BrO5S/c13-6-1-3-7(4-2-6)19-12-11(17)10(16)9(15)8(5-14)18-12/h1-4,8-12,14-17H,5H2/t8-,9+,10+,11-,12+/m1/s1. The zero-order chi connectivity index (χ0) is 14.0. The Kier molecular flexibility index (Phi) is 5.24. The summed E-state index contributed by atoms with van der Waals surface area (Å²) in [6.07, 6.45) is -4.74. The highest BCUT2D eigenvalue weighted by Crippen LogP contribution is 2.33. The fourth-order valence-corrected chi connectivity index (χ4v) is 3.14. The third-order valence-corrected chi connectivity index (χ3v) is 4.61. The molecule has 1 heterocycles. The molecule has 1 aromatic carbocycles. The van der Waals surface area contributed by atoms with E-state index in [9.17, 15) is 15.3 Å². The molecule has 0 amide bonds. The summed E-state index contributed by atoms with van der Waals surface area (Å²) >= 11 is 4.56. The third-order valence-electron chi connectivity index (χ3n) is 2.91. The number of halogens is 1. The summed E-state index contributed by atoms with van der Waals surface area (Å²) in [5.74, 6) is 0. The van der Waals surface area contributed by atoms with E-state index < -0.39 is 36.5 Å². The lowest BCUT2D eigenvalue weighted by atomic mass is 10.0. The van der Waals surface area contributed by atoms with Crippen LogP contribution in [0.4, 0.5) is 0 Å². The Morgan fingerprint density at radius 1 is 1.05 bits per heavy atom. The molecule has 1 aliphatic rings. The van der Waals surface area contributed by atoms with Gasteiger partial charge in [0, 0.05) is 9.37 Å². The minimum Gasteiger partial charge on any atom is -0.394 e. The van der Waals surface area contributed by atoms with Crippen molar-refractivity contribution in [3.05, 3.63) is 28.7 Å². The topological polar surface area (TPSA) is 90.2 Å². The molecular weight excluding hydrogens is 336 g/mol. The van der Waals surface area contributed by atoms with Crippen LogP contribution >= 0.6 is 27.7 Å². The molecule has 5 atom stereocenters. The SMILES string of the molecule is OC[C@H]1O[C@@H](Sc2ccc(Br)cc2)[C@H](O)[C@@H](O)[C@H]1O. The van der Waals surface area contributed by atoms with Crippen molar-refractivity contribution in [2.45, 2.75) is 34.7 Å². The van der Waals surface area contributed by atoms with E-state index in [1.165, 1.54) is 11.8 Å². The van der Waals surface area contributed by atoms with Crippen molar-refractivity contribution < 1.29 is 25.2 Å². The van der Waals surface area contributed by atoms with Crippen LogP contribution in [0.2, 0.25) is 0 Å². The van der Waals surface area contributed by atoms with Gasteiger partial charge in [-0.2, -0.15) is 0 Å². The number of aliphatic hydroxyl groups excluding tert-OH is 4. The minimum absolute atomic E-state index is 0.414. The van der Waals surface area contributed by atoms with Crippen LogP contribution in [0.1, 0.15) is 0 Å². The van der Waals surface area contributed by atoms with Crippen molar-refractivity contribution in [2.24, 2.45) is 0 Å². The lowest BCUT2D eigenvalue weighted by molar-refractivity contribution is -0.205. The molecule has 5 nitrogen and oxygen atoms in total. The molecule has 0 bridgehead atoms. The van der Waals surface area contributed by atoms with Gasteiger partial charge in [0.25, 0.3) is 0 Å². The maximum absolute atomic E-state index is 9.89. The van der Waals surface area contributed by atoms with Crippen molar-refractivity contribution in [2.75, 3.05) is 6.61 Å². The van der Waals surface area contributed by atoms with E-state index in [1.807, 2.05) is 24.3 Å². The van der Waals surface area contributed by atoms with Gasteiger partial charge in [0.05, 0.1) is 6.61 Å². The Labute approximate surface area is 123 Å². The van der Waals surface area contributed by atoms with Crippen LogP contribution in [0.25, 0.3) is 0 Å². The number of aliphatic hydroxyl groups is 4. The number of hydrogen-bond donors (Lipinski definition) is 4. The average molecular weight is 351 g/mol. The van der Waals surface area contributed by atoms with Gasteiger partial charge in [-0.3, -0.25) is 0 Å². The van der Waals surface area contributed by atoms with E-state index in [2.05, 4.69) is 15.9 Å². The van der Waals surface area contributed by atoms with Gasteiger partial charge in [-0.15, -0.1) is 0 Å². The fraction of sp³-hybridized carbons (Fsp3) is 0.500. The van der Waals surface area contributed by atoms with Gasteiger partial charge in [0.15, 0.2) is 0 Å². The number of hydrogen-bond acceptors (Lipinski definition) is 6. The molecule has 4 N–H and O–H groups in total. The minimum atomic E-state index is -1.33. The van der Waals surface area contributed by atoms with Gasteiger partial charge in [-0.05, 0) is 24.3 Å². The molecule has 0 aliphatic carbocycles.